The summed E-state index contributed by atoms with van der Waals surface area (Å²) in [6.45, 7) is 1.20. The fourth-order valence-corrected chi connectivity index (χ4v) is 4.14. The number of nitrogens with zero attached hydrogens (tertiary/aromatic N) is 2. The molecule has 1 atom stereocenters. The van der Waals surface area contributed by atoms with Gasteiger partial charge in [0.1, 0.15) is 11.9 Å². The van der Waals surface area contributed by atoms with Crippen LogP contribution >= 0.6 is 11.6 Å². The first-order valence-electron chi connectivity index (χ1n) is 6.89. The van der Waals surface area contributed by atoms with Gasteiger partial charge in [-0.25, -0.2) is 12.8 Å². The Bertz CT molecular complexity index is 935. The molecule has 0 heterocycles. The molecule has 7 nitrogen and oxygen atoms in total. The highest BCUT2D eigenvalue weighted by Crippen LogP contribution is 2.32. The first kappa shape index (κ1) is 18.8. The number of rotatable bonds is 6. The molecule has 0 N–H and O–H groups in total. The molecule has 0 fully saturated rings. The van der Waals surface area contributed by atoms with E-state index in [1.165, 1.54) is 31.2 Å². The largest absolute Gasteiger partial charge is 0.289 e. The maximum atomic E-state index is 13.5. The van der Waals surface area contributed by atoms with Crippen LogP contribution in [-0.4, -0.2) is 24.6 Å². The Morgan fingerprint density at radius 3 is 2.44 bits per heavy atom. The van der Waals surface area contributed by atoms with Crippen LogP contribution < -0.4 is 4.31 Å². The first-order valence-corrected chi connectivity index (χ1v) is 8.71. The zero-order valence-electron chi connectivity index (χ0n) is 12.8. The normalized spacial score (nSPS) is 12.4. The highest BCUT2D eigenvalue weighted by atomic mass is 35.5. The number of hydrogen-bond acceptors (Lipinski definition) is 5. The molecule has 2 aromatic rings. The third kappa shape index (κ3) is 3.77. The third-order valence-electron chi connectivity index (χ3n) is 3.34. The molecule has 2 aromatic carbocycles. The number of sulfonamides is 1. The maximum Gasteiger partial charge on any atom is 0.289 e. The van der Waals surface area contributed by atoms with Crippen molar-refractivity contribution in [2.45, 2.75) is 17.9 Å². The smallest absolute Gasteiger partial charge is 0.279 e. The minimum Gasteiger partial charge on any atom is -0.279 e. The average Bonchev–Trinajstić information content (AvgIpc) is 2.54. The Labute approximate surface area is 147 Å². The number of hydrogen-bond donors (Lipinski definition) is 0. The third-order valence-corrected chi connectivity index (χ3v) is 5.60. The van der Waals surface area contributed by atoms with Crippen LogP contribution in [0.2, 0.25) is 0 Å². The molecule has 25 heavy (non-hydrogen) atoms. The van der Waals surface area contributed by atoms with E-state index in [0.717, 1.165) is 24.3 Å². The van der Waals surface area contributed by atoms with Crippen molar-refractivity contribution in [2.24, 2.45) is 0 Å². The van der Waals surface area contributed by atoms with Crippen LogP contribution in [0.3, 0.4) is 0 Å². The Kier molecular flexibility index (Phi) is 5.39. The van der Waals surface area contributed by atoms with Gasteiger partial charge in [0, 0.05) is 6.07 Å². The molecule has 0 aromatic heterocycles. The molecule has 0 saturated carbocycles. The van der Waals surface area contributed by atoms with Gasteiger partial charge in [-0.3, -0.25) is 19.2 Å². The zero-order valence-corrected chi connectivity index (χ0v) is 14.4. The van der Waals surface area contributed by atoms with Crippen LogP contribution in [0.1, 0.15) is 6.92 Å². The lowest BCUT2D eigenvalue weighted by atomic mass is 10.2. The summed E-state index contributed by atoms with van der Waals surface area (Å²) < 4.78 is 40.1. The van der Waals surface area contributed by atoms with Gasteiger partial charge in [-0.05, 0) is 42.8 Å². The van der Waals surface area contributed by atoms with Gasteiger partial charge in [-0.1, -0.05) is 18.2 Å². The van der Waals surface area contributed by atoms with Crippen LogP contribution in [0.25, 0.3) is 0 Å². The molecule has 1 unspecified atom stereocenters. The SMILES string of the molecule is CC(C(=O)Cl)N(c1cccc(F)c1)S(=O)(=O)c1ccccc1[N+](=O)[O-]. The maximum absolute atomic E-state index is 13.5. The summed E-state index contributed by atoms with van der Waals surface area (Å²) in [5.41, 5.74) is -0.849. The van der Waals surface area contributed by atoms with Gasteiger partial charge in [-0.2, -0.15) is 0 Å². The summed E-state index contributed by atoms with van der Waals surface area (Å²) in [4.78, 5) is 21.2. The predicted octanol–water partition coefficient (Wildman–Crippen LogP) is 3.08. The Morgan fingerprint density at radius 1 is 1.24 bits per heavy atom. The van der Waals surface area contributed by atoms with Crippen molar-refractivity contribution in [2.75, 3.05) is 4.31 Å². The van der Waals surface area contributed by atoms with Crippen LogP contribution in [0.5, 0.6) is 0 Å². The topological polar surface area (TPSA) is 97.6 Å². The molecule has 0 amide bonds. The summed E-state index contributed by atoms with van der Waals surface area (Å²) >= 11 is 5.44. The van der Waals surface area contributed by atoms with Gasteiger partial charge in [0.15, 0.2) is 4.90 Å². The lowest BCUT2D eigenvalue weighted by molar-refractivity contribution is -0.387. The van der Waals surface area contributed by atoms with Gasteiger partial charge in [0.25, 0.3) is 15.7 Å². The lowest BCUT2D eigenvalue weighted by Crippen LogP contribution is -2.42. The summed E-state index contributed by atoms with van der Waals surface area (Å²) in [5.74, 6) is -0.741. The molecular weight excluding hydrogens is 375 g/mol. The predicted molar refractivity (Wildman–Crippen MR) is 89.5 cm³/mol. The molecule has 2 rings (SSSR count). The molecule has 10 heteroatoms. The van der Waals surface area contributed by atoms with Gasteiger partial charge < -0.3 is 0 Å². The molecule has 0 aliphatic carbocycles. The van der Waals surface area contributed by atoms with E-state index in [-0.39, 0.29) is 5.69 Å². The standard InChI is InChI=1S/C15H12ClFN2O5S/c1-10(15(16)20)18(12-6-4-5-11(17)9-12)25(23,24)14-8-3-2-7-13(14)19(21)22/h2-10H,1H3. The van der Waals surface area contributed by atoms with E-state index in [1.807, 2.05) is 0 Å². The van der Waals surface area contributed by atoms with Crippen molar-refractivity contribution < 1.29 is 22.5 Å². The number of benzene rings is 2. The monoisotopic (exact) mass is 386 g/mol. The number of para-hydroxylation sites is 1. The molecule has 0 bridgehead atoms. The number of nitro groups is 1. The Hall–Kier alpha value is -2.52. The van der Waals surface area contributed by atoms with E-state index in [4.69, 9.17) is 11.6 Å². The zero-order chi connectivity index (χ0) is 18.8. The minimum absolute atomic E-state index is 0.181. The quantitative estimate of drug-likeness (QED) is 0.431. The van der Waals surface area contributed by atoms with Gasteiger partial charge in [-0.15, -0.1) is 0 Å². The van der Waals surface area contributed by atoms with Crippen molar-refractivity contribution >= 4 is 38.2 Å². The number of nitro benzene ring substituents is 1. The number of carbonyl (C=O) groups is 1. The fraction of sp³-hybridized carbons (Fsp3) is 0.133. The van der Waals surface area contributed by atoms with E-state index in [9.17, 15) is 27.7 Å². The second-order valence-corrected chi connectivity index (χ2v) is 7.14. The number of halogens is 2. The molecule has 0 aliphatic heterocycles. The van der Waals surface area contributed by atoms with Crippen molar-refractivity contribution in [1.29, 1.82) is 0 Å². The van der Waals surface area contributed by atoms with E-state index in [1.54, 1.807) is 0 Å². The molecule has 0 radical (unpaired) electrons. The summed E-state index contributed by atoms with van der Waals surface area (Å²) in [5, 5.41) is 10.1. The molecule has 132 valence electrons. The fourth-order valence-electron chi connectivity index (χ4n) is 2.21. The second kappa shape index (κ2) is 7.16. The molecule has 0 spiro atoms. The number of carbonyl (C=O) groups excluding carboxylic acids is 1. The van der Waals surface area contributed by atoms with Gasteiger partial charge >= 0.3 is 0 Å². The molecular formula is C15H12ClFN2O5S. The Morgan fingerprint density at radius 2 is 1.88 bits per heavy atom. The van der Waals surface area contributed by atoms with Gasteiger partial charge in [0.2, 0.25) is 5.24 Å². The highest BCUT2D eigenvalue weighted by molar-refractivity contribution is 7.93. The van der Waals surface area contributed by atoms with Crippen LogP contribution in [0.15, 0.2) is 53.4 Å². The van der Waals surface area contributed by atoms with Crippen molar-refractivity contribution in [3.63, 3.8) is 0 Å². The van der Waals surface area contributed by atoms with Crippen LogP contribution in [0, 0.1) is 15.9 Å². The summed E-state index contributed by atoms with van der Waals surface area (Å²) in [6.07, 6.45) is 0. The molecule has 0 saturated heterocycles. The first-order chi connectivity index (χ1) is 11.7. The van der Waals surface area contributed by atoms with Crippen LogP contribution in [-0.2, 0) is 14.8 Å². The van der Waals surface area contributed by atoms with E-state index in [0.29, 0.717) is 4.31 Å². The van der Waals surface area contributed by atoms with E-state index >= 15 is 0 Å². The number of anilines is 1. The van der Waals surface area contributed by atoms with Crippen molar-refractivity contribution in [1.82, 2.24) is 0 Å². The van der Waals surface area contributed by atoms with E-state index in [2.05, 4.69) is 0 Å². The lowest BCUT2D eigenvalue weighted by Gasteiger charge is -2.28. The highest BCUT2D eigenvalue weighted by Gasteiger charge is 2.36. The Balaban J connectivity index is 2.73. The summed E-state index contributed by atoms with van der Waals surface area (Å²) in [6, 6.07) is 7.73. The minimum atomic E-state index is -4.57. The van der Waals surface area contributed by atoms with Crippen molar-refractivity contribution in [3.8, 4) is 0 Å². The van der Waals surface area contributed by atoms with Crippen LogP contribution in [0.4, 0.5) is 15.8 Å². The van der Waals surface area contributed by atoms with Gasteiger partial charge in [0.05, 0.1) is 10.6 Å². The second-order valence-electron chi connectivity index (χ2n) is 4.99. The summed E-state index contributed by atoms with van der Waals surface area (Å²) in [7, 11) is -4.57. The average molecular weight is 387 g/mol. The van der Waals surface area contributed by atoms with Crippen molar-refractivity contribution in [3.05, 3.63) is 64.5 Å². The van der Waals surface area contributed by atoms with E-state index < -0.39 is 42.6 Å². The molecule has 0 aliphatic rings.